The Morgan fingerprint density at radius 2 is 1.67 bits per heavy atom. The number of unbranched alkanes of at least 4 members (excludes halogenated alkanes) is 1. The number of carbonyl (C=O) groups excluding carboxylic acids is 3. The van der Waals surface area contributed by atoms with Gasteiger partial charge in [0.15, 0.2) is 12.3 Å². The van der Waals surface area contributed by atoms with Gasteiger partial charge in [-0.15, -0.1) is 0 Å². The first-order chi connectivity index (χ1) is 22.1. The van der Waals surface area contributed by atoms with Crippen molar-refractivity contribution in [2.24, 2.45) is 19.8 Å². The molecule has 12 nitrogen and oxygen atoms in total. The molecule has 6 rings (SSSR count). The second-order valence-corrected chi connectivity index (χ2v) is 12.2. The fourth-order valence-electron chi connectivity index (χ4n) is 6.74. The zero-order valence-corrected chi connectivity index (χ0v) is 26.2. The van der Waals surface area contributed by atoms with Gasteiger partial charge in [-0.25, -0.2) is 9.69 Å². The number of imide groups is 1. The van der Waals surface area contributed by atoms with Crippen LogP contribution in [0.3, 0.4) is 0 Å². The summed E-state index contributed by atoms with van der Waals surface area (Å²) < 4.78 is 15.4. The molecule has 2 unspecified atom stereocenters. The predicted octanol–water partition coefficient (Wildman–Crippen LogP) is 4.82. The van der Waals surface area contributed by atoms with Crippen LogP contribution in [0.2, 0.25) is 0 Å². The molecular formula is C34H37N5O7. The summed E-state index contributed by atoms with van der Waals surface area (Å²) in [4.78, 5) is 54.2. The van der Waals surface area contributed by atoms with Crippen molar-refractivity contribution in [2.45, 2.75) is 57.1 Å². The Kier molecular flexibility index (Phi) is 8.26. The van der Waals surface area contributed by atoms with Gasteiger partial charge in [-0.05, 0) is 37.8 Å². The quantitative estimate of drug-likeness (QED) is 0.0864. The number of esters is 1. The van der Waals surface area contributed by atoms with E-state index in [1.807, 2.05) is 42.8 Å². The average Bonchev–Trinajstić information content (AvgIpc) is 3.63. The summed E-state index contributed by atoms with van der Waals surface area (Å²) in [5.74, 6) is -1.88. The molecule has 0 bridgehead atoms. The Balaban J connectivity index is 1.41. The molecule has 1 saturated carbocycles. The largest absolute Gasteiger partial charge is 0.442 e. The van der Waals surface area contributed by atoms with Gasteiger partial charge in [-0.3, -0.25) is 19.7 Å². The number of nitro benzene ring substituents is 1. The summed E-state index contributed by atoms with van der Waals surface area (Å²) in [5.41, 5.74) is 7.60. The van der Waals surface area contributed by atoms with Crippen LogP contribution in [-0.4, -0.2) is 61.7 Å². The molecule has 0 radical (unpaired) electrons. The third-order valence-corrected chi connectivity index (χ3v) is 9.11. The highest BCUT2D eigenvalue weighted by Crippen LogP contribution is 2.42. The fourth-order valence-corrected chi connectivity index (χ4v) is 6.74. The van der Waals surface area contributed by atoms with Crippen LogP contribution in [0.5, 0.6) is 0 Å². The first-order valence-electron chi connectivity index (χ1n) is 15.5. The molecule has 4 aromatic rings. The minimum Gasteiger partial charge on any atom is -0.442 e. The predicted molar refractivity (Wildman–Crippen MR) is 172 cm³/mol. The molecule has 2 aliphatic rings. The molecule has 2 N–H and O–H groups in total. The van der Waals surface area contributed by atoms with E-state index in [9.17, 15) is 24.5 Å². The highest BCUT2D eigenvalue weighted by Gasteiger charge is 2.47. The number of nitrogens with two attached hydrogens (primary N) is 1. The van der Waals surface area contributed by atoms with Crippen molar-refractivity contribution >= 4 is 56.4 Å². The van der Waals surface area contributed by atoms with Crippen LogP contribution in [0.15, 0.2) is 54.9 Å². The second kappa shape index (κ2) is 12.2. The molecular weight excluding hydrogens is 590 g/mol. The van der Waals surface area contributed by atoms with E-state index < -0.39 is 35.0 Å². The van der Waals surface area contributed by atoms with Crippen LogP contribution < -0.4 is 5.73 Å². The molecule has 240 valence electrons. The number of rotatable bonds is 10. The van der Waals surface area contributed by atoms with Gasteiger partial charge in [0.05, 0.1) is 21.6 Å². The SMILES string of the molecule is CCCCOC1(C(=O)OCN2C(=O)C(c3cn(C)c4ccccc34)=C(c3cn(C)c4cc([N+](=O)[O-])ccc34)C2=O)CCCC(N)C1. The summed E-state index contributed by atoms with van der Waals surface area (Å²) in [6.45, 7) is 1.80. The van der Waals surface area contributed by atoms with E-state index in [1.54, 1.807) is 30.1 Å². The second-order valence-electron chi connectivity index (χ2n) is 12.2. The molecule has 2 amide bonds. The molecule has 0 spiro atoms. The number of fused-ring (bicyclic) bond motifs is 2. The van der Waals surface area contributed by atoms with E-state index in [-0.39, 0.29) is 22.9 Å². The summed E-state index contributed by atoms with van der Waals surface area (Å²) in [6, 6.07) is 11.7. The molecule has 2 aromatic carbocycles. The third kappa shape index (κ3) is 5.27. The number of hydrogen-bond donors (Lipinski definition) is 1. The lowest BCUT2D eigenvalue weighted by molar-refractivity contribution is -0.384. The highest BCUT2D eigenvalue weighted by atomic mass is 16.6. The average molecular weight is 628 g/mol. The Morgan fingerprint density at radius 1 is 1.02 bits per heavy atom. The van der Waals surface area contributed by atoms with Crippen LogP contribution in [0, 0.1) is 10.1 Å². The van der Waals surface area contributed by atoms with Gasteiger partial charge < -0.3 is 24.3 Å². The van der Waals surface area contributed by atoms with Crippen LogP contribution in [0.1, 0.15) is 56.6 Å². The molecule has 3 heterocycles. The Morgan fingerprint density at radius 3 is 2.33 bits per heavy atom. The van der Waals surface area contributed by atoms with Crippen LogP contribution in [-0.2, 0) is 38.0 Å². The van der Waals surface area contributed by atoms with E-state index in [4.69, 9.17) is 15.2 Å². The number of benzene rings is 2. The number of aryl methyl sites for hydroxylation is 2. The summed E-state index contributed by atoms with van der Waals surface area (Å²) in [7, 11) is 3.58. The smallest absolute Gasteiger partial charge is 0.340 e. The van der Waals surface area contributed by atoms with Crippen LogP contribution in [0.25, 0.3) is 33.0 Å². The van der Waals surface area contributed by atoms with Gasteiger partial charge in [0.1, 0.15) is 0 Å². The summed E-state index contributed by atoms with van der Waals surface area (Å²) in [6.07, 6.45) is 7.35. The number of nitro groups is 1. The number of carbonyl (C=O) groups is 3. The lowest BCUT2D eigenvalue weighted by Crippen LogP contribution is -2.51. The number of ether oxygens (including phenoxy) is 2. The van der Waals surface area contributed by atoms with Crippen LogP contribution in [0.4, 0.5) is 5.69 Å². The number of hydrogen-bond acceptors (Lipinski definition) is 8. The Hall–Kier alpha value is -4.81. The first kappa shape index (κ1) is 31.2. The molecule has 1 aliphatic carbocycles. The van der Waals surface area contributed by atoms with Gasteiger partial charge in [-0.2, -0.15) is 0 Å². The molecule has 2 atom stereocenters. The Bertz CT molecular complexity index is 1920. The molecule has 2 aromatic heterocycles. The van der Waals surface area contributed by atoms with Gasteiger partial charge in [0, 0.05) is 85.1 Å². The number of non-ortho nitro benzene ring substituents is 1. The normalized spacial score (nSPS) is 20.3. The monoisotopic (exact) mass is 627 g/mol. The van der Waals surface area contributed by atoms with Gasteiger partial charge >= 0.3 is 5.97 Å². The molecule has 1 fully saturated rings. The van der Waals surface area contributed by atoms with Crippen molar-refractivity contribution in [1.82, 2.24) is 14.0 Å². The molecule has 12 heteroatoms. The van der Waals surface area contributed by atoms with Crippen molar-refractivity contribution in [3.05, 3.63) is 76.1 Å². The molecule has 46 heavy (non-hydrogen) atoms. The minimum absolute atomic E-state index is 0.0941. The Labute approximate surface area is 265 Å². The number of amides is 2. The third-order valence-electron chi connectivity index (χ3n) is 9.11. The van der Waals surface area contributed by atoms with E-state index in [1.165, 1.54) is 12.1 Å². The maximum Gasteiger partial charge on any atom is 0.340 e. The molecule has 1 aliphatic heterocycles. The summed E-state index contributed by atoms with van der Waals surface area (Å²) >= 11 is 0. The van der Waals surface area contributed by atoms with Crippen molar-refractivity contribution in [1.29, 1.82) is 0 Å². The highest BCUT2D eigenvalue weighted by molar-refractivity contribution is 6.50. The van der Waals surface area contributed by atoms with Gasteiger partial charge in [0.2, 0.25) is 0 Å². The lowest BCUT2D eigenvalue weighted by Gasteiger charge is -2.37. The summed E-state index contributed by atoms with van der Waals surface area (Å²) in [5, 5.41) is 12.8. The zero-order chi connectivity index (χ0) is 32.7. The van der Waals surface area contributed by atoms with E-state index in [0.717, 1.165) is 35.1 Å². The minimum atomic E-state index is -1.24. The maximum absolute atomic E-state index is 14.3. The van der Waals surface area contributed by atoms with Crippen molar-refractivity contribution in [3.63, 3.8) is 0 Å². The molecule has 0 saturated heterocycles. The van der Waals surface area contributed by atoms with E-state index in [2.05, 4.69) is 0 Å². The first-order valence-corrected chi connectivity index (χ1v) is 15.5. The van der Waals surface area contributed by atoms with Crippen molar-refractivity contribution in [3.8, 4) is 0 Å². The standard InChI is InChI=1S/C34H37N5O7/c1-4-5-15-46-34(14-8-9-21(35)17-34)33(42)45-20-38-31(40)29(25-18-36(2)27-11-7-6-10-23(25)27)30(32(38)41)26-19-37(3)28-16-22(39(43)44)12-13-24(26)28/h6-7,10-13,16,18-19,21H,4-5,8-9,14-15,17,20,35H2,1-3H3. The number of nitrogens with zero attached hydrogens (tertiary/aromatic N) is 4. The number of para-hydroxylation sites is 1. The zero-order valence-electron chi connectivity index (χ0n) is 26.2. The van der Waals surface area contributed by atoms with Gasteiger partial charge in [0.25, 0.3) is 17.5 Å². The van der Waals surface area contributed by atoms with Crippen LogP contribution >= 0.6 is 0 Å². The fraction of sp³-hybridized carbons (Fsp3) is 0.382. The van der Waals surface area contributed by atoms with Crippen molar-refractivity contribution < 1.29 is 28.8 Å². The number of aromatic nitrogens is 2. The van der Waals surface area contributed by atoms with Gasteiger partial charge in [-0.1, -0.05) is 31.5 Å². The van der Waals surface area contributed by atoms with Crippen molar-refractivity contribution in [2.75, 3.05) is 13.3 Å². The van der Waals surface area contributed by atoms with E-state index in [0.29, 0.717) is 47.9 Å². The maximum atomic E-state index is 14.3. The topological polar surface area (TPSA) is 152 Å². The lowest BCUT2D eigenvalue weighted by atomic mass is 9.82. The van der Waals surface area contributed by atoms with E-state index >= 15 is 0 Å².